The molecule has 1 heterocycles. The molecule has 94 valence electrons. The Morgan fingerprint density at radius 1 is 1.50 bits per heavy atom. The lowest BCUT2D eigenvalue weighted by molar-refractivity contribution is -0.128. The van der Waals surface area contributed by atoms with Gasteiger partial charge in [0.1, 0.15) is 0 Å². The van der Waals surface area contributed by atoms with Crippen LogP contribution in [0.15, 0.2) is 0 Å². The van der Waals surface area contributed by atoms with Gasteiger partial charge in [-0.2, -0.15) is 0 Å². The molecule has 1 aliphatic heterocycles. The first-order valence-corrected chi connectivity index (χ1v) is 7.24. The number of amides is 1. The van der Waals surface area contributed by atoms with Crippen molar-refractivity contribution in [2.45, 2.75) is 25.0 Å². The van der Waals surface area contributed by atoms with Crippen molar-refractivity contribution < 1.29 is 13.2 Å². The zero-order valence-corrected chi connectivity index (χ0v) is 10.9. The van der Waals surface area contributed by atoms with Gasteiger partial charge in [0.25, 0.3) is 0 Å². The first kappa shape index (κ1) is 13.4. The smallest absolute Gasteiger partial charge is 0.223 e. The van der Waals surface area contributed by atoms with E-state index in [0.717, 1.165) is 0 Å². The van der Waals surface area contributed by atoms with Crippen molar-refractivity contribution in [3.8, 4) is 0 Å². The topological polar surface area (TPSA) is 80.5 Å². The standard InChI is InChI=1S/C10H20N2O3S/c1-10(2,16(3,14)15)7-12-6-8(5-11)4-9(12)13/h8H,4-7,11H2,1-3H3. The van der Waals surface area contributed by atoms with E-state index in [1.165, 1.54) is 6.26 Å². The number of nitrogens with zero attached hydrogens (tertiary/aromatic N) is 1. The van der Waals surface area contributed by atoms with Crippen LogP contribution >= 0.6 is 0 Å². The minimum absolute atomic E-state index is 0.00664. The van der Waals surface area contributed by atoms with E-state index in [9.17, 15) is 13.2 Å². The van der Waals surface area contributed by atoms with Gasteiger partial charge in [0.2, 0.25) is 5.91 Å². The molecule has 0 radical (unpaired) electrons. The Morgan fingerprint density at radius 2 is 2.06 bits per heavy atom. The number of rotatable bonds is 4. The second-order valence-electron chi connectivity index (χ2n) is 5.11. The maximum Gasteiger partial charge on any atom is 0.223 e. The van der Waals surface area contributed by atoms with Crippen molar-refractivity contribution in [2.75, 3.05) is 25.9 Å². The van der Waals surface area contributed by atoms with E-state index in [-0.39, 0.29) is 18.4 Å². The van der Waals surface area contributed by atoms with Gasteiger partial charge in [0.05, 0.1) is 4.75 Å². The molecule has 0 aromatic heterocycles. The number of nitrogens with two attached hydrogens (primary N) is 1. The molecule has 5 nitrogen and oxygen atoms in total. The third-order valence-corrected chi connectivity index (χ3v) is 5.34. The lowest BCUT2D eigenvalue weighted by atomic mass is 10.1. The van der Waals surface area contributed by atoms with Crippen LogP contribution in [0, 0.1) is 5.92 Å². The van der Waals surface area contributed by atoms with E-state index < -0.39 is 14.6 Å². The molecule has 0 aromatic rings. The first-order chi connectivity index (χ1) is 7.17. The SMILES string of the molecule is CC(C)(CN1CC(CN)CC1=O)S(C)(=O)=O. The second kappa shape index (κ2) is 4.33. The molecule has 16 heavy (non-hydrogen) atoms. The average molecular weight is 248 g/mol. The summed E-state index contributed by atoms with van der Waals surface area (Å²) >= 11 is 0. The summed E-state index contributed by atoms with van der Waals surface area (Å²) in [4.78, 5) is 13.2. The van der Waals surface area contributed by atoms with Crippen molar-refractivity contribution >= 4 is 15.7 Å². The van der Waals surface area contributed by atoms with E-state index >= 15 is 0 Å². The van der Waals surface area contributed by atoms with Gasteiger partial charge in [0.15, 0.2) is 9.84 Å². The fourth-order valence-electron chi connectivity index (χ4n) is 1.74. The zero-order chi connectivity index (χ0) is 12.6. The van der Waals surface area contributed by atoms with Crippen LogP contribution in [0.3, 0.4) is 0 Å². The minimum atomic E-state index is -3.16. The molecule has 1 atom stereocenters. The predicted molar refractivity (Wildman–Crippen MR) is 62.7 cm³/mol. The highest BCUT2D eigenvalue weighted by atomic mass is 32.2. The fraction of sp³-hybridized carbons (Fsp3) is 0.900. The van der Waals surface area contributed by atoms with Crippen molar-refractivity contribution in [1.29, 1.82) is 0 Å². The average Bonchev–Trinajstić information content (AvgIpc) is 2.44. The molecule has 0 bridgehead atoms. The summed E-state index contributed by atoms with van der Waals surface area (Å²) in [5.41, 5.74) is 5.51. The van der Waals surface area contributed by atoms with Gasteiger partial charge in [-0.05, 0) is 26.3 Å². The molecule has 1 saturated heterocycles. The van der Waals surface area contributed by atoms with Gasteiger partial charge in [-0.15, -0.1) is 0 Å². The predicted octanol–water partition coefficient (Wildman–Crippen LogP) is -0.383. The lowest BCUT2D eigenvalue weighted by Crippen LogP contribution is -2.44. The van der Waals surface area contributed by atoms with Crippen LogP contribution in [0.2, 0.25) is 0 Å². The summed E-state index contributed by atoms with van der Waals surface area (Å²) in [5.74, 6) is 0.176. The van der Waals surface area contributed by atoms with Crippen LogP contribution in [0.4, 0.5) is 0 Å². The third kappa shape index (κ3) is 2.74. The molecule has 0 aliphatic carbocycles. The van der Waals surface area contributed by atoms with E-state index in [1.54, 1.807) is 18.7 Å². The highest BCUT2D eigenvalue weighted by molar-refractivity contribution is 7.92. The largest absolute Gasteiger partial charge is 0.341 e. The normalized spacial score (nSPS) is 22.9. The Balaban J connectivity index is 2.73. The molecular weight excluding hydrogens is 228 g/mol. The van der Waals surface area contributed by atoms with Crippen LogP contribution < -0.4 is 5.73 Å². The van der Waals surface area contributed by atoms with Gasteiger partial charge in [-0.3, -0.25) is 4.79 Å². The third-order valence-electron chi connectivity index (χ3n) is 3.20. The van der Waals surface area contributed by atoms with Crippen LogP contribution in [0.25, 0.3) is 0 Å². The van der Waals surface area contributed by atoms with Crippen molar-refractivity contribution in [3.05, 3.63) is 0 Å². The van der Waals surface area contributed by atoms with E-state index in [0.29, 0.717) is 19.5 Å². The highest BCUT2D eigenvalue weighted by Crippen LogP contribution is 2.23. The number of hydrogen-bond donors (Lipinski definition) is 1. The maximum absolute atomic E-state index is 11.6. The van der Waals surface area contributed by atoms with Crippen LogP contribution in [0.5, 0.6) is 0 Å². The molecule has 0 aromatic carbocycles. The van der Waals surface area contributed by atoms with Crippen molar-refractivity contribution in [2.24, 2.45) is 11.7 Å². The molecule has 1 aliphatic rings. The van der Waals surface area contributed by atoms with E-state index in [4.69, 9.17) is 5.73 Å². The number of hydrogen-bond acceptors (Lipinski definition) is 4. The van der Waals surface area contributed by atoms with Gasteiger partial charge >= 0.3 is 0 Å². The maximum atomic E-state index is 11.6. The second-order valence-corrected chi connectivity index (χ2v) is 7.76. The van der Waals surface area contributed by atoms with Crippen molar-refractivity contribution in [3.63, 3.8) is 0 Å². The molecule has 0 saturated carbocycles. The Kier molecular flexibility index (Phi) is 3.64. The summed E-state index contributed by atoms with van der Waals surface area (Å²) in [6, 6.07) is 0. The van der Waals surface area contributed by atoms with Gasteiger partial charge in [0, 0.05) is 25.8 Å². The van der Waals surface area contributed by atoms with Crippen LogP contribution in [-0.4, -0.2) is 49.9 Å². The quantitative estimate of drug-likeness (QED) is 0.735. The van der Waals surface area contributed by atoms with E-state index in [2.05, 4.69) is 0 Å². The summed E-state index contributed by atoms with van der Waals surface area (Å²) in [7, 11) is -3.16. The lowest BCUT2D eigenvalue weighted by Gasteiger charge is -2.28. The molecule has 1 fully saturated rings. The van der Waals surface area contributed by atoms with Gasteiger partial charge in [-0.25, -0.2) is 8.42 Å². The Labute approximate surface area is 96.9 Å². The first-order valence-electron chi connectivity index (χ1n) is 5.35. The molecule has 6 heteroatoms. The molecule has 2 N–H and O–H groups in total. The van der Waals surface area contributed by atoms with Crippen LogP contribution in [-0.2, 0) is 14.6 Å². The zero-order valence-electron chi connectivity index (χ0n) is 10.1. The highest BCUT2D eigenvalue weighted by Gasteiger charge is 2.37. The summed E-state index contributed by atoms with van der Waals surface area (Å²) in [6.45, 7) is 4.59. The molecular formula is C10H20N2O3S. The minimum Gasteiger partial charge on any atom is -0.341 e. The van der Waals surface area contributed by atoms with Crippen LogP contribution in [0.1, 0.15) is 20.3 Å². The van der Waals surface area contributed by atoms with Gasteiger partial charge < -0.3 is 10.6 Å². The Hall–Kier alpha value is -0.620. The Bertz CT molecular complexity index is 376. The molecule has 0 spiro atoms. The van der Waals surface area contributed by atoms with E-state index in [1.807, 2.05) is 0 Å². The summed E-state index contributed by atoms with van der Waals surface area (Å²) in [6.07, 6.45) is 1.64. The monoisotopic (exact) mass is 248 g/mol. The molecule has 1 unspecified atom stereocenters. The molecule has 1 rings (SSSR count). The fourth-order valence-corrected chi connectivity index (χ4v) is 2.13. The van der Waals surface area contributed by atoms with Gasteiger partial charge in [-0.1, -0.05) is 0 Å². The number of carbonyl (C=O) groups excluding carboxylic acids is 1. The summed E-state index contributed by atoms with van der Waals surface area (Å²) in [5, 5.41) is 0. The number of likely N-dealkylation sites (tertiary alicyclic amines) is 1. The number of sulfone groups is 1. The summed E-state index contributed by atoms with van der Waals surface area (Å²) < 4.78 is 22.2. The number of carbonyl (C=O) groups is 1. The molecule has 1 amide bonds. The Morgan fingerprint density at radius 3 is 2.44 bits per heavy atom. The van der Waals surface area contributed by atoms with Crippen molar-refractivity contribution in [1.82, 2.24) is 4.90 Å².